The molecule has 1 saturated heterocycles. The molecule has 2 atom stereocenters. The van der Waals surface area contributed by atoms with Crippen LogP contribution in [0, 0.1) is 5.92 Å². The summed E-state index contributed by atoms with van der Waals surface area (Å²) in [6.07, 6.45) is 2.82. The molecule has 1 aromatic heterocycles. The maximum atomic E-state index is 14.2. The molecule has 1 fully saturated rings. The zero-order valence-electron chi connectivity index (χ0n) is 23.3. The summed E-state index contributed by atoms with van der Waals surface area (Å²) >= 11 is 0. The maximum Gasteiger partial charge on any atom is 0.246 e. The second-order valence-electron chi connectivity index (χ2n) is 11.0. The van der Waals surface area contributed by atoms with E-state index in [1.54, 1.807) is 23.0 Å². The van der Waals surface area contributed by atoms with Crippen molar-refractivity contribution in [2.75, 3.05) is 13.6 Å². The van der Waals surface area contributed by atoms with E-state index in [4.69, 9.17) is 0 Å². The molecule has 3 amide bonds. The Balaban J connectivity index is 1.46. The molecule has 7 nitrogen and oxygen atoms in total. The van der Waals surface area contributed by atoms with E-state index in [0.29, 0.717) is 19.4 Å². The number of carbonyl (C=O) groups is 3. The van der Waals surface area contributed by atoms with Crippen molar-refractivity contribution in [1.82, 2.24) is 20.1 Å². The molecule has 4 aromatic rings. The van der Waals surface area contributed by atoms with E-state index in [0.717, 1.165) is 32.8 Å². The van der Waals surface area contributed by atoms with Crippen molar-refractivity contribution in [3.63, 3.8) is 0 Å². The van der Waals surface area contributed by atoms with Crippen molar-refractivity contribution < 1.29 is 14.4 Å². The van der Waals surface area contributed by atoms with Crippen LogP contribution >= 0.6 is 0 Å². The van der Waals surface area contributed by atoms with Crippen molar-refractivity contribution in [3.05, 3.63) is 90.1 Å². The summed E-state index contributed by atoms with van der Waals surface area (Å²) in [5, 5.41) is 5.96. The molecule has 0 radical (unpaired) electrons. The minimum absolute atomic E-state index is 0.0749. The van der Waals surface area contributed by atoms with E-state index in [9.17, 15) is 14.4 Å². The monoisotopic (exact) mass is 536 g/mol. The summed E-state index contributed by atoms with van der Waals surface area (Å²) in [6, 6.07) is 22.7. The van der Waals surface area contributed by atoms with Gasteiger partial charge in [0.15, 0.2) is 0 Å². The smallest absolute Gasteiger partial charge is 0.246 e. The first-order valence-electron chi connectivity index (χ1n) is 14.0. The predicted octanol–water partition coefficient (Wildman–Crippen LogP) is 4.72. The number of amides is 3. The van der Waals surface area contributed by atoms with Gasteiger partial charge in [-0.1, -0.05) is 68.4 Å². The van der Waals surface area contributed by atoms with E-state index in [1.807, 2.05) is 60.7 Å². The quantitative estimate of drug-likeness (QED) is 0.353. The van der Waals surface area contributed by atoms with Gasteiger partial charge in [-0.3, -0.25) is 19.4 Å². The standard InChI is InChI=1S/C33H36N4O3/c1-22(2)17-30-33(40)36(29(32(39)34-3)20-23-10-12-25-7-4-5-8-26(25)18-23)16-14-31(38)37(30)21-24-11-13-28-27(19-24)9-6-15-35-28/h4-13,15,18-19,22,29-30H,14,16-17,20-21H2,1-3H3,(H,34,39)/t29-,30-/m0/s1. The third-order valence-electron chi connectivity index (χ3n) is 7.71. The molecule has 7 heteroatoms. The fourth-order valence-corrected chi connectivity index (χ4v) is 5.67. The first-order valence-corrected chi connectivity index (χ1v) is 14.0. The molecule has 0 saturated carbocycles. The molecule has 2 heterocycles. The van der Waals surface area contributed by atoms with Crippen LogP contribution in [0.4, 0.5) is 0 Å². The Morgan fingerprint density at radius 1 is 0.950 bits per heavy atom. The molecule has 1 aliphatic heterocycles. The van der Waals surface area contributed by atoms with Crippen molar-refractivity contribution in [2.24, 2.45) is 5.92 Å². The second kappa shape index (κ2) is 11.9. The molecule has 0 spiro atoms. The van der Waals surface area contributed by atoms with E-state index in [1.165, 1.54) is 0 Å². The number of carbonyl (C=O) groups excluding carboxylic acids is 3. The van der Waals surface area contributed by atoms with E-state index < -0.39 is 12.1 Å². The van der Waals surface area contributed by atoms with Gasteiger partial charge in [-0.25, -0.2) is 0 Å². The van der Waals surface area contributed by atoms with Crippen LogP contribution in [0.25, 0.3) is 21.7 Å². The molecule has 5 rings (SSSR count). The molecule has 40 heavy (non-hydrogen) atoms. The summed E-state index contributed by atoms with van der Waals surface area (Å²) in [5.41, 5.74) is 2.80. The zero-order valence-corrected chi connectivity index (χ0v) is 23.3. The minimum atomic E-state index is -0.715. The van der Waals surface area contributed by atoms with Gasteiger partial charge < -0.3 is 15.1 Å². The lowest BCUT2D eigenvalue weighted by molar-refractivity contribution is -0.146. The zero-order chi connectivity index (χ0) is 28.2. The van der Waals surface area contributed by atoms with Gasteiger partial charge in [0.1, 0.15) is 12.1 Å². The van der Waals surface area contributed by atoms with Crippen LogP contribution < -0.4 is 5.32 Å². The van der Waals surface area contributed by atoms with Gasteiger partial charge in [-0.2, -0.15) is 0 Å². The lowest BCUT2D eigenvalue weighted by Gasteiger charge is -2.35. The SMILES string of the molecule is CNC(=O)[C@H](Cc1ccc2ccccc2c1)N1CCC(=O)N(Cc2ccc3ncccc3c2)[C@@H](CC(C)C)C1=O. The molecule has 206 valence electrons. The Morgan fingerprint density at radius 3 is 2.45 bits per heavy atom. The number of pyridine rings is 1. The number of rotatable bonds is 8. The number of benzene rings is 3. The first-order chi connectivity index (χ1) is 19.3. The molecule has 0 aliphatic carbocycles. The Morgan fingerprint density at radius 2 is 1.68 bits per heavy atom. The van der Waals surface area contributed by atoms with Gasteiger partial charge >= 0.3 is 0 Å². The predicted molar refractivity (Wildman–Crippen MR) is 157 cm³/mol. The number of aromatic nitrogens is 1. The van der Waals surface area contributed by atoms with Crippen LogP contribution in [0.15, 0.2) is 79.0 Å². The lowest BCUT2D eigenvalue weighted by atomic mass is 9.97. The average molecular weight is 537 g/mol. The topological polar surface area (TPSA) is 82.6 Å². The first kappa shape index (κ1) is 27.3. The summed E-state index contributed by atoms with van der Waals surface area (Å²) in [5.74, 6) is -0.290. The number of hydrogen-bond acceptors (Lipinski definition) is 4. The normalized spacial score (nSPS) is 16.9. The van der Waals surface area contributed by atoms with Crippen LogP contribution in [0.1, 0.15) is 37.8 Å². The van der Waals surface area contributed by atoms with Gasteiger partial charge in [0, 0.05) is 44.6 Å². The molecule has 0 bridgehead atoms. The fourth-order valence-electron chi connectivity index (χ4n) is 5.67. The van der Waals surface area contributed by atoms with Gasteiger partial charge in [0.25, 0.3) is 0 Å². The summed E-state index contributed by atoms with van der Waals surface area (Å²) in [7, 11) is 1.59. The molecular weight excluding hydrogens is 500 g/mol. The average Bonchev–Trinajstić information content (AvgIpc) is 3.07. The summed E-state index contributed by atoms with van der Waals surface area (Å²) in [4.78, 5) is 48.8. The highest BCUT2D eigenvalue weighted by Crippen LogP contribution is 2.26. The second-order valence-corrected chi connectivity index (χ2v) is 11.0. The fraction of sp³-hybridized carbons (Fsp3) is 0.333. The van der Waals surface area contributed by atoms with Crippen molar-refractivity contribution >= 4 is 39.4 Å². The highest BCUT2D eigenvalue weighted by Gasteiger charge is 2.41. The van der Waals surface area contributed by atoms with Crippen molar-refractivity contribution in [1.29, 1.82) is 0 Å². The highest BCUT2D eigenvalue weighted by atomic mass is 16.2. The van der Waals surface area contributed by atoms with E-state index >= 15 is 0 Å². The minimum Gasteiger partial charge on any atom is -0.357 e. The largest absolute Gasteiger partial charge is 0.357 e. The summed E-state index contributed by atoms with van der Waals surface area (Å²) in [6.45, 7) is 4.64. The molecule has 1 aliphatic rings. The van der Waals surface area contributed by atoms with Crippen molar-refractivity contribution in [3.8, 4) is 0 Å². The van der Waals surface area contributed by atoms with Crippen LogP contribution in [0.5, 0.6) is 0 Å². The van der Waals surface area contributed by atoms with Crippen LogP contribution in [0.3, 0.4) is 0 Å². The van der Waals surface area contributed by atoms with Crippen LogP contribution in [-0.2, 0) is 27.3 Å². The third kappa shape index (κ3) is 5.83. The van der Waals surface area contributed by atoms with E-state index in [2.05, 4.69) is 36.3 Å². The van der Waals surface area contributed by atoms with Crippen LogP contribution in [-0.4, -0.2) is 58.2 Å². The number of nitrogens with one attached hydrogen (secondary N) is 1. The van der Waals surface area contributed by atoms with Gasteiger partial charge in [0.05, 0.1) is 5.52 Å². The Hall–Kier alpha value is -4.26. The van der Waals surface area contributed by atoms with Gasteiger partial charge in [0.2, 0.25) is 17.7 Å². The maximum absolute atomic E-state index is 14.2. The Bertz CT molecular complexity index is 1550. The lowest BCUT2D eigenvalue weighted by Crippen LogP contribution is -2.54. The van der Waals surface area contributed by atoms with Gasteiger partial charge in [-0.05, 0) is 52.4 Å². The van der Waals surface area contributed by atoms with Crippen LogP contribution in [0.2, 0.25) is 0 Å². The van der Waals surface area contributed by atoms with E-state index in [-0.39, 0.29) is 36.6 Å². The Labute approximate surface area is 235 Å². The molecular formula is C33H36N4O3. The van der Waals surface area contributed by atoms with Crippen molar-refractivity contribution in [2.45, 2.75) is 51.7 Å². The number of likely N-dealkylation sites (N-methyl/N-ethyl adjacent to an activating group) is 1. The molecule has 3 aromatic carbocycles. The Kier molecular flexibility index (Phi) is 8.10. The third-order valence-corrected chi connectivity index (χ3v) is 7.71. The highest BCUT2D eigenvalue weighted by molar-refractivity contribution is 5.94. The molecule has 0 unspecified atom stereocenters. The number of fused-ring (bicyclic) bond motifs is 2. The molecule has 1 N–H and O–H groups in total. The van der Waals surface area contributed by atoms with Gasteiger partial charge in [-0.15, -0.1) is 0 Å². The number of nitrogens with zero attached hydrogens (tertiary/aromatic N) is 3. The summed E-state index contributed by atoms with van der Waals surface area (Å²) < 4.78 is 0. The number of hydrogen-bond donors (Lipinski definition) is 1.